The molecule has 3 heteroatoms. The van der Waals surface area contributed by atoms with E-state index in [-0.39, 0.29) is 5.79 Å². The number of hydrogen-bond donors (Lipinski definition) is 0. The van der Waals surface area contributed by atoms with Crippen LogP contribution in [0.25, 0.3) is 0 Å². The second-order valence-electron chi connectivity index (χ2n) is 5.91. The van der Waals surface area contributed by atoms with Gasteiger partial charge in [0.25, 0.3) is 0 Å². The van der Waals surface area contributed by atoms with Crippen LogP contribution in [0.2, 0.25) is 0 Å². The molecule has 15 heavy (non-hydrogen) atoms. The lowest BCUT2D eigenvalue weighted by Gasteiger charge is -2.61. The van der Waals surface area contributed by atoms with Crippen molar-refractivity contribution in [3.63, 3.8) is 0 Å². The minimum atomic E-state index is -0.159. The van der Waals surface area contributed by atoms with Crippen molar-refractivity contribution in [1.82, 2.24) is 0 Å². The van der Waals surface area contributed by atoms with Gasteiger partial charge in [-0.05, 0) is 38.0 Å². The van der Waals surface area contributed by atoms with E-state index < -0.39 is 0 Å². The van der Waals surface area contributed by atoms with Crippen LogP contribution in [-0.2, 0) is 9.47 Å². The van der Waals surface area contributed by atoms with Gasteiger partial charge in [-0.25, -0.2) is 0 Å². The van der Waals surface area contributed by atoms with Crippen LogP contribution in [0.15, 0.2) is 0 Å². The van der Waals surface area contributed by atoms with E-state index in [0.717, 1.165) is 19.1 Å². The second-order valence-corrected chi connectivity index (χ2v) is 7.60. The van der Waals surface area contributed by atoms with Crippen LogP contribution in [0.3, 0.4) is 0 Å². The molecule has 5 rings (SSSR count). The Kier molecular flexibility index (Phi) is 1.76. The van der Waals surface area contributed by atoms with Crippen molar-refractivity contribution >= 4 is 15.9 Å². The highest BCUT2D eigenvalue weighted by atomic mass is 79.9. The van der Waals surface area contributed by atoms with Gasteiger partial charge in [-0.2, -0.15) is 0 Å². The van der Waals surface area contributed by atoms with Gasteiger partial charge in [-0.3, -0.25) is 0 Å². The van der Waals surface area contributed by atoms with Crippen molar-refractivity contribution < 1.29 is 9.47 Å². The molecule has 5 aliphatic rings. The molecule has 1 heterocycles. The summed E-state index contributed by atoms with van der Waals surface area (Å²) in [5.74, 6) is 2.09. The highest BCUT2D eigenvalue weighted by molar-refractivity contribution is 9.10. The third-order valence-corrected chi connectivity index (χ3v) is 5.96. The first-order valence-electron chi connectivity index (χ1n) is 6.17. The van der Waals surface area contributed by atoms with Gasteiger partial charge < -0.3 is 9.47 Å². The van der Waals surface area contributed by atoms with E-state index >= 15 is 0 Å². The molecule has 84 valence electrons. The molecule has 4 bridgehead atoms. The number of rotatable bonds is 0. The largest absolute Gasteiger partial charge is 0.347 e. The number of halogens is 1. The molecule has 4 aliphatic carbocycles. The summed E-state index contributed by atoms with van der Waals surface area (Å²) in [6, 6.07) is 0. The third kappa shape index (κ3) is 1.12. The van der Waals surface area contributed by atoms with Gasteiger partial charge in [-0.1, -0.05) is 15.9 Å². The first-order valence-corrected chi connectivity index (χ1v) is 6.96. The molecule has 0 aromatic rings. The van der Waals surface area contributed by atoms with Gasteiger partial charge in [0, 0.05) is 16.2 Å². The predicted molar refractivity (Wildman–Crippen MR) is 59.8 cm³/mol. The Bertz CT molecular complexity index is 280. The molecule has 2 nitrogen and oxygen atoms in total. The zero-order valence-corrected chi connectivity index (χ0v) is 10.5. The van der Waals surface area contributed by atoms with Crippen molar-refractivity contribution in [2.75, 3.05) is 13.2 Å². The Balaban J connectivity index is 1.75. The Morgan fingerprint density at radius 1 is 0.933 bits per heavy atom. The Morgan fingerprint density at radius 3 is 2.07 bits per heavy atom. The second kappa shape index (κ2) is 2.80. The van der Waals surface area contributed by atoms with Crippen LogP contribution in [0.1, 0.15) is 32.1 Å². The van der Waals surface area contributed by atoms with Gasteiger partial charge in [0.15, 0.2) is 5.79 Å². The van der Waals surface area contributed by atoms with E-state index in [1.807, 2.05) is 0 Å². The predicted octanol–water partition coefficient (Wildman–Crippen LogP) is 2.70. The fraction of sp³-hybridized carbons (Fsp3) is 1.00. The van der Waals surface area contributed by atoms with E-state index in [9.17, 15) is 0 Å². The van der Waals surface area contributed by atoms with Gasteiger partial charge >= 0.3 is 0 Å². The molecular formula is C12H17BrO2. The summed E-state index contributed by atoms with van der Waals surface area (Å²) in [7, 11) is 0. The SMILES string of the molecule is BrC12CC3C[C@H](C1)C1(OCCO1)[C@@H](C3)C2. The summed E-state index contributed by atoms with van der Waals surface area (Å²) in [5, 5.41) is 0. The summed E-state index contributed by atoms with van der Waals surface area (Å²) >= 11 is 3.98. The molecular weight excluding hydrogens is 256 g/mol. The molecule has 0 amide bonds. The van der Waals surface area contributed by atoms with E-state index in [4.69, 9.17) is 9.47 Å². The molecule has 2 unspecified atom stereocenters. The lowest BCUT2D eigenvalue weighted by molar-refractivity contribution is -0.283. The smallest absolute Gasteiger partial charge is 0.174 e. The molecule has 0 N–H and O–H groups in total. The summed E-state index contributed by atoms with van der Waals surface area (Å²) < 4.78 is 12.5. The zero-order valence-electron chi connectivity index (χ0n) is 8.88. The zero-order chi connectivity index (χ0) is 10.1. The van der Waals surface area contributed by atoms with E-state index in [1.54, 1.807) is 0 Å². The van der Waals surface area contributed by atoms with Gasteiger partial charge in [0.2, 0.25) is 0 Å². The highest BCUT2D eigenvalue weighted by Crippen LogP contribution is 2.64. The van der Waals surface area contributed by atoms with Crippen molar-refractivity contribution in [3.05, 3.63) is 0 Å². The molecule has 0 aromatic heterocycles. The Labute approximate surface area is 98.8 Å². The summed E-state index contributed by atoms with van der Waals surface area (Å²) in [6.45, 7) is 1.62. The van der Waals surface area contributed by atoms with Crippen molar-refractivity contribution in [3.8, 4) is 0 Å². The van der Waals surface area contributed by atoms with Crippen LogP contribution in [0, 0.1) is 17.8 Å². The average Bonchev–Trinajstić information content (AvgIpc) is 2.61. The molecule has 4 saturated carbocycles. The standard InChI is InChI=1S/C12H17BrO2/c13-11-5-8-3-9(6-11)12(10(4-8)7-11)14-1-2-15-12/h8-10H,1-7H2/t8?,9-,10+,11?. The molecule has 0 aromatic carbocycles. The van der Waals surface area contributed by atoms with Crippen LogP contribution in [0.5, 0.6) is 0 Å². The lowest BCUT2D eigenvalue weighted by atomic mass is 9.53. The number of alkyl halides is 1. The Morgan fingerprint density at radius 2 is 1.53 bits per heavy atom. The van der Waals surface area contributed by atoms with Gasteiger partial charge in [0.05, 0.1) is 13.2 Å². The maximum Gasteiger partial charge on any atom is 0.174 e. The summed E-state index contributed by atoms with van der Waals surface area (Å²) in [6.07, 6.45) is 6.59. The fourth-order valence-corrected chi connectivity index (χ4v) is 5.99. The van der Waals surface area contributed by atoms with Crippen molar-refractivity contribution in [2.45, 2.75) is 42.2 Å². The van der Waals surface area contributed by atoms with Crippen molar-refractivity contribution in [1.29, 1.82) is 0 Å². The van der Waals surface area contributed by atoms with Crippen LogP contribution < -0.4 is 0 Å². The van der Waals surface area contributed by atoms with Crippen LogP contribution in [0.4, 0.5) is 0 Å². The first kappa shape index (κ1) is 9.43. The number of hydrogen-bond acceptors (Lipinski definition) is 2. The average molecular weight is 273 g/mol. The highest BCUT2D eigenvalue weighted by Gasteiger charge is 2.64. The van der Waals surface area contributed by atoms with E-state index in [0.29, 0.717) is 16.2 Å². The normalized spacial score (nSPS) is 55.4. The molecule has 0 radical (unpaired) electrons. The molecule has 5 fully saturated rings. The van der Waals surface area contributed by atoms with E-state index in [2.05, 4.69) is 15.9 Å². The minimum absolute atomic E-state index is 0.159. The van der Waals surface area contributed by atoms with Crippen molar-refractivity contribution in [2.24, 2.45) is 17.8 Å². The molecule has 4 atom stereocenters. The number of ether oxygens (including phenoxy) is 2. The molecule has 1 aliphatic heterocycles. The summed E-state index contributed by atoms with van der Waals surface area (Å²) in [4.78, 5) is 0. The lowest BCUT2D eigenvalue weighted by Crippen LogP contribution is -2.62. The fourth-order valence-electron chi connectivity index (χ4n) is 4.75. The first-order chi connectivity index (χ1) is 7.20. The van der Waals surface area contributed by atoms with Crippen LogP contribution >= 0.6 is 15.9 Å². The molecule has 1 saturated heterocycles. The maximum atomic E-state index is 6.02. The van der Waals surface area contributed by atoms with Crippen LogP contribution in [-0.4, -0.2) is 23.3 Å². The monoisotopic (exact) mass is 272 g/mol. The third-order valence-electron chi connectivity index (χ3n) is 4.99. The topological polar surface area (TPSA) is 18.5 Å². The quantitative estimate of drug-likeness (QED) is 0.632. The van der Waals surface area contributed by atoms with E-state index in [1.165, 1.54) is 32.1 Å². The Hall–Kier alpha value is 0.400. The minimum Gasteiger partial charge on any atom is -0.347 e. The molecule has 1 spiro atoms. The van der Waals surface area contributed by atoms with Gasteiger partial charge in [-0.15, -0.1) is 0 Å². The van der Waals surface area contributed by atoms with Gasteiger partial charge in [0.1, 0.15) is 0 Å². The summed E-state index contributed by atoms with van der Waals surface area (Å²) in [5.41, 5.74) is 0. The maximum absolute atomic E-state index is 6.02.